The van der Waals surface area contributed by atoms with Crippen LogP contribution in [-0.2, 0) is 10.0 Å². The van der Waals surface area contributed by atoms with Crippen LogP contribution in [0, 0.1) is 13.8 Å². The van der Waals surface area contributed by atoms with Gasteiger partial charge in [-0.15, -0.1) is 0 Å². The van der Waals surface area contributed by atoms with E-state index in [0.717, 1.165) is 5.56 Å². The molecule has 2 aromatic rings. The molecule has 8 nitrogen and oxygen atoms in total. The molecule has 1 fully saturated rings. The lowest BCUT2D eigenvalue weighted by molar-refractivity contribution is 0.129. The minimum atomic E-state index is -3.70. The maximum absolute atomic E-state index is 12.7. The van der Waals surface area contributed by atoms with E-state index >= 15 is 0 Å². The molecule has 130 valence electrons. The van der Waals surface area contributed by atoms with Crippen molar-refractivity contribution in [1.82, 2.24) is 14.4 Å². The van der Waals surface area contributed by atoms with Crippen LogP contribution in [0.5, 0.6) is 5.88 Å². The van der Waals surface area contributed by atoms with Gasteiger partial charge < -0.3 is 15.0 Å². The number of ether oxygens (including phenoxy) is 1. The number of aryl methyl sites for hydroxylation is 2. The van der Waals surface area contributed by atoms with Crippen molar-refractivity contribution in [2.45, 2.75) is 37.7 Å². The molecule has 0 aromatic carbocycles. The smallest absolute Gasteiger partial charge is 0.250 e. The van der Waals surface area contributed by atoms with Crippen molar-refractivity contribution in [2.75, 3.05) is 18.8 Å². The van der Waals surface area contributed by atoms with Crippen LogP contribution in [0.3, 0.4) is 0 Å². The molecule has 1 saturated heterocycles. The molecule has 3 rings (SSSR count). The van der Waals surface area contributed by atoms with Crippen LogP contribution in [0.25, 0.3) is 0 Å². The number of nitrogens with two attached hydrogens (primary N) is 1. The molecule has 9 heteroatoms. The van der Waals surface area contributed by atoms with Gasteiger partial charge in [0.1, 0.15) is 6.10 Å². The van der Waals surface area contributed by atoms with Gasteiger partial charge in [-0.25, -0.2) is 13.4 Å². The molecule has 0 radical (unpaired) electrons. The number of hydrogen-bond acceptors (Lipinski definition) is 7. The van der Waals surface area contributed by atoms with E-state index in [4.69, 9.17) is 15.0 Å². The molecule has 1 aliphatic rings. The summed E-state index contributed by atoms with van der Waals surface area (Å²) in [4.78, 5) is 4.17. The molecule has 0 bridgehead atoms. The molecule has 0 saturated carbocycles. The van der Waals surface area contributed by atoms with Crippen molar-refractivity contribution in [3.8, 4) is 5.88 Å². The largest absolute Gasteiger partial charge is 0.474 e. The van der Waals surface area contributed by atoms with E-state index in [2.05, 4.69) is 10.1 Å². The number of aromatic nitrogens is 2. The van der Waals surface area contributed by atoms with Crippen LogP contribution in [-0.4, -0.2) is 42.1 Å². The first-order valence-corrected chi connectivity index (χ1v) is 9.14. The average molecular weight is 352 g/mol. The minimum absolute atomic E-state index is 0.0394. The van der Waals surface area contributed by atoms with Gasteiger partial charge in [-0.3, -0.25) is 0 Å². The molecule has 0 spiro atoms. The number of rotatable bonds is 4. The number of anilines is 1. The van der Waals surface area contributed by atoms with Gasteiger partial charge in [-0.1, -0.05) is 11.2 Å². The Morgan fingerprint density at radius 2 is 2.04 bits per heavy atom. The minimum Gasteiger partial charge on any atom is -0.474 e. The highest BCUT2D eigenvalue weighted by Gasteiger charge is 2.34. The second kappa shape index (κ2) is 6.40. The van der Waals surface area contributed by atoms with Gasteiger partial charge in [0, 0.05) is 24.8 Å². The van der Waals surface area contributed by atoms with Crippen molar-refractivity contribution in [2.24, 2.45) is 0 Å². The summed E-state index contributed by atoms with van der Waals surface area (Å²) in [6.45, 7) is 4.17. The molecule has 3 heterocycles. The van der Waals surface area contributed by atoms with Gasteiger partial charge in [0.25, 0.3) is 0 Å². The Morgan fingerprint density at radius 1 is 1.33 bits per heavy atom. The molecule has 2 aromatic heterocycles. The van der Waals surface area contributed by atoms with Crippen molar-refractivity contribution in [3.05, 3.63) is 29.7 Å². The maximum Gasteiger partial charge on any atom is 0.250 e. The van der Waals surface area contributed by atoms with Gasteiger partial charge in [0.15, 0.2) is 16.5 Å². The van der Waals surface area contributed by atoms with Crippen LogP contribution in [0.2, 0.25) is 0 Å². The predicted octanol–water partition coefficient (Wildman–Crippen LogP) is 1.50. The zero-order valence-corrected chi connectivity index (χ0v) is 14.4. The van der Waals surface area contributed by atoms with Gasteiger partial charge in [-0.05, 0) is 32.8 Å². The summed E-state index contributed by atoms with van der Waals surface area (Å²) >= 11 is 0. The molecular weight excluding hydrogens is 332 g/mol. The van der Waals surface area contributed by atoms with E-state index in [1.54, 1.807) is 6.20 Å². The predicted molar refractivity (Wildman–Crippen MR) is 87.0 cm³/mol. The average Bonchev–Trinajstić information content (AvgIpc) is 2.89. The summed E-state index contributed by atoms with van der Waals surface area (Å²) in [5.74, 6) is 0.697. The van der Waals surface area contributed by atoms with Crippen molar-refractivity contribution < 1.29 is 17.7 Å². The first-order valence-electron chi connectivity index (χ1n) is 7.69. The Morgan fingerprint density at radius 3 is 2.62 bits per heavy atom. The van der Waals surface area contributed by atoms with E-state index in [1.165, 1.54) is 11.2 Å². The molecule has 0 unspecified atom stereocenters. The molecule has 1 aliphatic heterocycles. The third kappa shape index (κ3) is 3.09. The van der Waals surface area contributed by atoms with Gasteiger partial charge in [0.05, 0.1) is 0 Å². The molecule has 0 atom stereocenters. The fourth-order valence-electron chi connectivity index (χ4n) is 2.77. The number of sulfonamides is 1. The summed E-state index contributed by atoms with van der Waals surface area (Å²) in [5, 5.41) is 3.52. The lowest BCUT2D eigenvalue weighted by atomic mass is 10.1. The van der Waals surface area contributed by atoms with E-state index in [1.807, 2.05) is 19.1 Å². The molecule has 2 N–H and O–H groups in total. The van der Waals surface area contributed by atoms with Crippen LogP contribution in [0.4, 0.5) is 5.82 Å². The quantitative estimate of drug-likeness (QED) is 0.887. The summed E-state index contributed by atoms with van der Waals surface area (Å²) < 4.78 is 37.6. The Balaban J connectivity index is 1.68. The van der Waals surface area contributed by atoms with Crippen LogP contribution >= 0.6 is 0 Å². The topological polar surface area (TPSA) is 112 Å². The highest BCUT2D eigenvalue weighted by atomic mass is 32.2. The summed E-state index contributed by atoms with van der Waals surface area (Å²) in [7, 11) is -3.70. The van der Waals surface area contributed by atoms with Crippen molar-refractivity contribution in [3.63, 3.8) is 0 Å². The first kappa shape index (κ1) is 16.7. The Bertz CT molecular complexity index is 806. The van der Waals surface area contributed by atoms with E-state index < -0.39 is 10.0 Å². The second-order valence-corrected chi connectivity index (χ2v) is 7.67. The number of piperidine rings is 1. The second-order valence-electron chi connectivity index (χ2n) is 5.80. The summed E-state index contributed by atoms with van der Waals surface area (Å²) in [6.07, 6.45) is 2.78. The van der Waals surface area contributed by atoms with Gasteiger partial charge in [0.2, 0.25) is 15.9 Å². The lowest BCUT2D eigenvalue weighted by Crippen LogP contribution is -2.42. The zero-order chi connectivity index (χ0) is 17.3. The van der Waals surface area contributed by atoms with E-state index in [9.17, 15) is 8.42 Å². The highest BCUT2D eigenvalue weighted by molar-refractivity contribution is 7.89. The Labute approximate surface area is 140 Å². The molecule has 24 heavy (non-hydrogen) atoms. The van der Waals surface area contributed by atoms with Gasteiger partial charge >= 0.3 is 0 Å². The third-order valence-corrected chi connectivity index (χ3v) is 6.13. The number of hydrogen-bond donors (Lipinski definition) is 1. The van der Waals surface area contributed by atoms with Crippen LogP contribution in [0.1, 0.15) is 24.2 Å². The third-order valence-electron chi connectivity index (χ3n) is 4.07. The van der Waals surface area contributed by atoms with E-state index in [0.29, 0.717) is 31.8 Å². The maximum atomic E-state index is 12.7. The first-order chi connectivity index (χ1) is 11.4. The Hall–Kier alpha value is -2.13. The lowest BCUT2D eigenvalue weighted by Gasteiger charge is -2.31. The normalized spacial score (nSPS) is 17.1. The SMILES string of the molecule is Cc1cccnc1OC1CCN(S(=O)(=O)c2c(N)noc2C)CC1. The molecule has 0 amide bonds. The molecule has 0 aliphatic carbocycles. The van der Waals surface area contributed by atoms with E-state index in [-0.39, 0.29) is 22.6 Å². The van der Waals surface area contributed by atoms with Crippen LogP contribution in [0.15, 0.2) is 27.7 Å². The number of pyridine rings is 1. The highest BCUT2D eigenvalue weighted by Crippen LogP contribution is 2.28. The van der Waals surface area contributed by atoms with Gasteiger partial charge in [-0.2, -0.15) is 4.31 Å². The molecular formula is C15H20N4O4S. The summed E-state index contributed by atoms with van der Waals surface area (Å²) in [6, 6.07) is 3.78. The standard InChI is InChI=1S/C15H20N4O4S/c1-10-4-3-7-17-15(10)22-12-5-8-19(9-6-12)24(20,21)13-11(2)23-18-14(13)16/h3-4,7,12H,5-6,8-9H2,1-2H3,(H2,16,18). The fourth-order valence-corrected chi connectivity index (χ4v) is 4.42. The number of nitrogens with zero attached hydrogens (tertiary/aromatic N) is 3. The monoisotopic (exact) mass is 352 g/mol. The fraction of sp³-hybridized carbons (Fsp3) is 0.467. The number of nitrogen functional groups attached to an aromatic ring is 1. The summed E-state index contributed by atoms with van der Waals surface area (Å²) in [5.41, 5.74) is 6.60. The zero-order valence-electron chi connectivity index (χ0n) is 13.6. The Kier molecular flexibility index (Phi) is 4.46. The van der Waals surface area contributed by atoms with Crippen molar-refractivity contribution in [1.29, 1.82) is 0 Å². The van der Waals surface area contributed by atoms with Crippen LogP contribution < -0.4 is 10.5 Å². The van der Waals surface area contributed by atoms with Crippen molar-refractivity contribution >= 4 is 15.8 Å².